The molecule has 1 heterocycles. The second-order valence-corrected chi connectivity index (χ2v) is 6.30. The normalized spacial score (nSPS) is 24.1. The van der Waals surface area contributed by atoms with E-state index in [1.165, 1.54) is 5.56 Å². The fraction of sp³-hybridized carbons (Fsp3) is 0.600. The molecule has 0 saturated carbocycles. The first-order valence-electron chi connectivity index (χ1n) is 6.30. The Bertz CT molecular complexity index is 404. The first-order chi connectivity index (χ1) is 7.85. The van der Waals surface area contributed by atoms with Crippen LogP contribution in [0.1, 0.15) is 50.8 Å². The third-order valence-corrected chi connectivity index (χ3v) is 3.14. The van der Waals surface area contributed by atoms with Crippen molar-refractivity contribution in [2.75, 3.05) is 0 Å². The van der Waals surface area contributed by atoms with Crippen LogP contribution >= 0.6 is 0 Å². The molecule has 17 heavy (non-hydrogen) atoms. The predicted molar refractivity (Wildman–Crippen MR) is 69.2 cm³/mol. The summed E-state index contributed by atoms with van der Waals surface area (Å²) in [5, 5.41) is 10.2. The highest BCUT2D eigenvalue weighted by Gasteiger charge is 2.29. The van der Waals surface area contributed by atoms with Gasteiger partial charge in [0.1, 0.15) is 11.9 Å². The Morgan fingerprint density at radius 1 is 1.35 bits per heavy atom. The van der Waals surface area contributed by atoms with E-state index in [0.29, 0.717) is 6.42 Å². The summed E-state index contributed by atoms with van der Waals surface area (Å²) in [6, 6.07) is 6.03. The second-order valence-electron chi connectivity index (χ2n) is 6.30. The summed E-state index contributed by atoms with van der Waals surface area (Å²) in [4.78, 5) is 0. The number of hydrogen-bond acceptors (Lipinski definition) is 2. The van der Waals surface area contributed by atoms with E-state index in [4.69, 9.17) is 4.74 Å². The highest BCUT2D eigenvalue weighted by Crippen LogP contribution is 2.38. The smallest absolute Gasteiger partial charge is 0.125 e. The van der Waals surface area contributed by atoms with E-state index in [0.717, 1.165) is 17.7 Å². The minimum Gasteiger partial charge on any atom is -0.490 e. The zero-order valence-corrected chi connectivity index (χ0v) is 11.2. The van der Waals surface area contributed by atoms with E-state index in [9.17, 15) is 5.11 Å². The molecular weight excluding hydrogens is 212 g/mol. The van der Waals surface area contributed by atoms with Gasteiger partial charge in [-0.3, -0.25) is 0 Å². The fourth-order valence-corrected chi connectivity index (χ4v) is 2.45. The summed E-state index contributed by atoms with van der Waals surface area (Å²) < 4.78 is 5.97. The van der Waals surface area contributed by atoms with Crippen molar-refractivity contribution in [2.45, 2.75) is 52.7 Å². The second kappa shape index (κ2) is 4.34. The number of rotatable bonds is 1. The molecule has 0 radical (unpaired) electrons. The molecule has 1 N–H and O–H groups in total. The third kappa shape index (κ3) is 3.01. The molecular formula is C15H22O2. The molecule has 1 aliphatic rings. The van der Waals surface area contributed by atoms with Crippen LogP contribution in [0, 0.1) is 12.3 Å². The van der Waals surface area contributed by atoms with Gasteiger partial charge >= 0.3 is 0 Å². The van der Waals surface area contributed by atoms with E-state index in [1.54, 1.807) is 0 Å². The molecule has 0 amide bonds. The molecule has 0 fully saturated rings. The monoisotopic (exact) mass is 234 g/mol. The Balaban J connectivity index is 2.19. The first kappa shape index (κ1) is 12.4. The molecule has 2 atom stereocenters. The van der Waals surface area contributed by atoms with E-state index in [1.807, 2.05) is 25.1 Å². The fourth-order valence-electron chi connectivity index (χ4n) is 2.45. The van der Waals surface area contributed by atoms with Crippen LogP contribution in [0.4, 0.5) is 0 Å². The van der Waals surface area contributed by atoms with Crippen LogP contribution < -0.4 is 4.74 Å². The molecule has 0 aliphatic carbocycles. The molecule has 2 heteroatoms. The SMILES string of the molecule is Cc1ccc2c(c1)C(O)CC(CC(C)(C)C)O2. The van der Waals surface area contributed by atoms with Gasteiger partial charge in [-0.25, -0.2) is 0 Å². The van der Waals surface area contributed by atoms with Crippen LogP contribution in [0.3, 0.4) is 0 Å². The lowest BCUT2D eigenvalue weighted by Crippen LogP contribution is -2.29. The molecule has 0 spiro atoms. The Morgan fingerprint density at radius 2 is 2.06 bits per heavy atom. The van der Waals surface area contributed by atoms with Crippen LogP contribution in [0.5, 0.6) is 5.75 Å². The number of aliphatic hydroxyl groups excluding tert-OH is 1. The van der Waals surface area contributed by atoms with Crippen molar-refractivity contribution in [3.8, 4) is 5.75 Å². The van der Waals surface area contributed by atoms with Crippen LogP contribution in [-0.2, 0) is 0 Å². The lowest BCUT2D eigenvalue weighted by molar-refractivity contribution is 0.0447. The molecule has 1 aromatic rings. The number of ether oxygens (including phenoxy) is 1. The highest BCUT2D eigenvalue weighted by atomic mass is 16.5. The van der Waals surface area contributed by atoms with Gasteiger partial charge in [-0.05, 0) is 30.9 Å². The Labute approximate surface area is 104 Å². The molecule has 0 bridgehead atoms. The molecule has 1 aliphatic heterocycles. The van der Waals surface area contributed by atoms with Crippen molar-refractivity contribution in [1.29, 1.82) is 0 Å². The topological polar surface area (TPSA) is 29.5 Å². The van der Waals surface area contributed by atoms with Crippen molar-refractivity contribution in [3.63, 3.8) is 0 Å². The van der Waals surface area contributed by atoms with Crippen LogP contribution in [0.25, 0.3) is 0 Å². The van der Waals surface area contributed by atoms with Gasteiger partial charge in [-0.1, -0.05) is 32.4 Å². The highest BCUT2D eigenvalue weighted by molar-refractivity contribution is 5.40. The molecule has 2 unspecified atom stereocenters. The molecule has 2 nitrogen and oxygen atoms in total. The van der Waals surface area contributed by atoms with E-state index < -0.39 is 0 Å². The number of hydrogen-bond donors (Lipinski definition) is 1. The summed E-state index contributed by atoms with van der Waals surface area (Å²) >= 11 is 0. The zero-order valence-electron chi connectivity index (χ0n) is 11.2. The molecule has 1 aromatic carbocycles. The van der Waals surface area contributed by atoms with Gasteiger partial charge in [-0.15, -0.1) is 0 Å². The van der Waals surface area contributed by atoms with Gasteiger partial charge in [-0.2, -0.15) is 0 Å². The van der Waals surface area contributed by atoms with Crippen molar-refractivity contribution in [3.05, 3.63) is 29.3 Å². The third-order valence-electron chi connectivity index (χ3n) is 3.14. The van der Waals surface area contributed by atoms with Gasteiger partial charge in [0.15, 0.2) is 0 Å². The summed E-state index contributed by atoms with van der Waals surface area (Å²) in [7, 11) is 0. The number of fused-ring (bicyclic) bond motifs is 1. The van der Waals surface area contributed by atoms with Crippen LogP contribution in [0.2, 0.25) is 0 Å². The van der Waals surface area contributed by atoms with E-state index >= 15 is 0 Å². The summed E-state index contributed by atoms with van der Waals surface area (Å²) in [5.74, 6) is 0.851. The Kier molecular flexibility index (Phi) is 3.17. The summed E-state index contributed by atoms with van der Waals surface area (Å²) in [5.41, 5.74) is 2.34. The minimum atomic E-state index is -0.383. The zero-order chi connectivity index (χ0) is 12.6. The average Bonchev–Trinajstić information content (AvgIpc) is 2.17. The van der Waals surface area contributed by atoms with E-state index in [-0.39, 0.29) is 17.6 Å². The van der Waals surface area contributed by atoms with Gasteiger partial charge < -0.3 is 9.84 Å². The maximum atomic E-state index is 10.2. The van der Waals surface area contributed by atoms with Gasteiger partial charge in [0, 0.05) is 12.0 Å². The van der Waals surface area contributed by atoms with Crippen LogP contribution in [0.15, 0.2) is 18.2 Å². The molecule has 2 rings (SSSR count). The van der Waals surface area contributed by atoms with Gasteiger partial charge in [0.25, 0.3) is 0 Å². The molecule has 0 saturated heterocycles. The lowest BCUT2D eigenvalue weighted by Gasteiger charge is -2.33. The quantitative estimate of drug-likeness (QED) is 0.804. The largest absolute Gasteiger partial charge is 0.490 e. The van der Waals surface area contributed by atoms with Crippen molar-refractivity contribution < 1.29 is 9.84 Å². The van der Waals surface area contributed by atoms with E-state index in [2.05, 4.69) is 20.8 Å². The maximum Gasteiger partial charge on any atom is 0.125 e. The standard InChI is InChI=1S/C15H22O2/c1-10-5-6-14-12(7-10)13(16)8-11(17-14)9-15(2,3)4/h5-7,11,13,16H,8-9H2,1-4H3. The Hall–Kier alpha value is -1.02. The molecule has 94 valence electrons. The van der Waals surface area contributed by atoms with Crippen LogP contribution in [-0.4, -0.2) is 11.2 Å². The summed E-state index contributed by atoms with van der Waals surface area (Å²) in [6.07, 6.45) is 1.41. The molecule has 0 aromatic heterocycles. The predicted octanol–water partition coefficient (Wildman–Crippen LogP) is 3.62. The van der Waals surface area contributed by atoms with Crippen molar-refractivity contribution in [2.24, 2.45) is 5.41 Å². The number of benzene rings is 1. The van der Waals surface area contributed by atoms with Crippen molar-refractivity contribution >= 4 is 0 Å². The van der Waals surface area contributed by atoms with Gasteiger partial charge in [0.2, 0.25) is 0 Å². The first-order valence-corrected chi connectivity index (χ1v) is 6.30. The minimum absolute atomic E-state index is 0.125. The number of aliphatic hydroxyl groups is 1. The average molecular weight is 234 g/mol. The number of aryl methyl sites for hydroxylation is 1. The van der Waals surface area contributed by atoms with Gasteiger partial charge in [0.05, 0.1) is 6.10 Å². The van der Waals surface area contributed by atoms with Crippen molar-refractivity contribution in [1.82, 2.24) is 0 Å². The maximum absolute atomic E-state index is 10.2. The summed E-state index contributed by atoms with van der Waals surface area (Å²) in [6.45, 7) is 8.64. The Morgan fingerprint density at radius 3 is 2.71 bits per heavy atom. The lowest BCUT2D eigenvalue weighted by atomic mass is 9.85.